The summed E-state index contributed by atoms with van der Waals surface area (Å²) in [5, 5.41) is -0.141. The van der Waals surface area contributed by atoms with Crippen molar-refractivity contribution in [1.29, 1.82) is 0 Å². The van der Waals surface area contributed by atoms with Crippen LogP contribution >= 0.6 is 46.4 Å². The second-order valence-electron chi connectivity index (χ2n) is 3.35. The van der Waals surface area contributed by atoms with Crippen LogP contribution in [0.3, 0.4) is 0 Å². The first kappa shape index (κ1) is 11.5. The molecular weight excluding hydrogens is 282 g/mol. The molecule has 0 aliphatic heterocycles. The molecule has 0 N–H and O–H groups in total. The van der Waals surface area contributed by atoms with Crippen LogP contribution in [0.4, 0.5) is 0 Å². The van der Waals surface area contributed by atoms with Crippen LogP contribution in [0, 0.1) is 5.41 Å². The standard InChI is InChI=1S/C9H4Cl4O2/c10-5-6(11)8(13)9(7(5)12)3(14)1-2-4(9)15/h1-2H2. The lowest BCUT2D eigenvalue weighted by Crippen LogP contribution is -2.32. The summed E-state index contributed by atoms with van der Waals surface area (Å²) in [5.74, 6) is -0.674. The van der Waals surface area contributed by atoms with Gasteiger partial charge in [0.25, 0.3) is 0 Å². The van der Waals surface area contributed by atoms with E-state index in [0.717, 1.165) is 0 Å². The fraction of sp³-hybridized carbons (Fsp3) is 0.333. The lowest BCUT2D eigenvalue weighted by atomic mass is 9.85. The average Bonchev–Trinajstić information content (AvgIpc) is 2.58. The monoisotopic (exact) mass is 284 g/mol. The highest BCUT2D eigenvalue weighted by molar-refractivity contribution is 6.57. The topological polar surface area (TPSA) is 34.1 Å². The maximum Gasteiger partial charge on any atom is 0.161 e. The van der Waals surface area contributed by atoms with E-state index in [1.54, 1.807) is 0 Å². The van der Waals surface area contributed by atoms with Crippen LogP contribution in [-0.2, 0) is 9.59 Å². The number of carbonyl (C=O) groups is 2. The molecule has 0 unspecified atom stereocenters. The van der Waals surface area contributed by atoms with Gasteiger partial charge in [-0.15, -0.1) is 0 Å². The summed E-state index contributed by atoms with van der Waals surface area (Å²) in [4.78, 5) is 23.5. The van der Waals surface area contributed by atoms with Gasteiger partial charge in [-0.05, 0) is 0 Å². The van der Waals surface area contributed by atoms with Gasteiger partial charge in [0, 0.05) is 12.8 Å². The second kappa shape index (κ2) is 3.49. The summed E-state index contributed by atoms with van der Waals surface area (Å²) in [7, 11) is 0. The summed E-state index contributed by atoms with van der Waals surface area (Å²) in [5.41, 5.74) is -1.59. The highest BCUT2D eigenvalue weighted by atomic mass is 35.5. The van der Waals surface area contributed by atoms with Crippen molar-refractivity contribution in [3.05, 3.63) is 20.1 Å². The van der Waals surface area contributed by atoms with Crippen molar-refractivity contribution in [2.24, 2.45) is 5.41 Å². The number of ketones is 2. The molecule has 2 rings (SSSR count). The van der Waals surface area contributed by atoms with Gasteiger partial charge in [-0.25, -0.2) is 0 Å². The molecule has 80 valence electrons. The fourth-order valence-electron chi connectivity index (χ4n) is 1.87. The van der Waals surface area contributed by atoms with Crippen LogP contribution in [0.15, 0.2) is 20.1 Å². The highest BCUT2D eigenvalue weighted by Gasteiger charge is 2.59. The summed E-state index contributed by atoms with van der Waals surface area (Å²) < 4.78 is 0. The van der Waals surface area contributed by atoms with Gasteiger partial charge in [-0.1, -0.05) is 46.4 Å². The minimum Gasteiger partial charge on any atom is -0.298 e. The molecule has 0 heterocycles. The first-order valence-corrected chi connectivity index (χ1v) is 5.63. The molecule has 0 saturated heterocycles. The number of hydrogen-bond donors (Lipinski definition) is 0. The van der Waals surface area contributed by atoms with Gasteiger partial charge in [0.1, 0.15) is 0 Å². The molecule has 2 aliphatic carbocycles. The van der Waals surface area contributed by atoms with Gasteiger partial charge < -0.3 is 0 Å². The van der Waals surface area contributed by atoms with Crippen molar-refractivity contribution >= 4 is 58.0 Å². The Hall–Kier alpha value is -0.0200. The Balaban J connectivity index is 2.74. The molecule has 1 fully saturated rings. The van der Waals surface area contributed by atoms with Gasteiger partial charge in [-0.2, -0.15) is 0 Å². The third-order valence-electron chi connectivity index (χ3n) is 2.65. The molecule has 0 aromatic carbocycles. The van der Waals surface area contributed by atoms with Crippen molar-refractivity contribution < 1.29 is 9.59 Å². The van der Waals surface area contributed by atoms with Crippen LogP contribution < -0.4 is 0 Å². The zero-order valence-electron chi connectivity index (χ0n) is 7.24. The van der Waals surface area contributed by atoms with E-state index < -0.39 is 5.41 Å². The Morgan fingerprint density at radius 3 is 1.47 bits per heavy atom. The maximum absolute atomic E-state index is 11.7. The van der Waals surface area contributed by atoms with E-state index in [1.807, 2.05) is 0 Å². The molecule has 0 aromatic rings. The molecule has 2 nitrogen and oxygen atoms in total. The van der Waals surface area contributed by atoms with Crippen molar-refractivity contribution in [3.63, 3.8) is 0 Å². The third kappa shape index (κ3) is 1.19. The predicted molar refractivity (Wildman–Crippen MR) is 59.1 cm³/mol. The number of halogens is 4. The fourth-order valence-corrected chi connectivity index (χ4v) is 3.28. The number of Topliss-reactive ketones (excluding diaryl/α,β-unsaturated/α-hetero) is 2. The first-order valence-electron chi connectivity index (χ1n) is 4.12. The van der Waals surface area contributed by atoms with Crippen molar-refractivity contribution in [2.75, 3.05) is 0 Å². The van der Waals surface area contributed by atoms with Gasteiger partial charge in [0.15, 0.2) is 17.0 Å². The van der Waals surface area contributed by atoms with E-state index in [0.29, 0.717) is 0 Å². The molecule has 0 radical (unpaired) electrons. The third-order valence-corrected chi connectivity index (χ3v) is 4.64. The molecule has 0 aromatic heterocycles. The van der Waals surface area contributed by atoms with E-state index in [4.69, 9.17) is 46.4 Å². The maximum atomic E-state index is 11.7. The summed E-state index contributed by atoms with van der Waals surface area (Å²) in [6.07, 6.45) is 0.249. The van der Waals surface area contributed by atoms with Gasteiger partial charge in [0.2, 0.25) is 0 Å². The zero-order chi connectivity index (χ0) is 11.4. The number of hydrogen-bond acceptors (Lipinski definition) is 2. The molecule has 1 spiro atoms. The second-order valence-corrected chi connectivity index (χ2v) is 4.86. The zero-order valence-corrected chi connectivity index (χ0v) is 10.3. The molecule has 0 atom stereocenters. The van der Waals surface area contributed by atoms with E-state index in [-0.39, 0.29) is 44.5 Å². The van der Waals surface area contributed by atoms with Crippen molar-refractivity contribution in [3.8, 4) is 0 Å². The Bertz CT molecular complexity index is 405. The summed E-state index contributed by atoms with van der Waals surface area (Å²) >= 11 is 23.4. The molecule has 0 bridgehead atoms. The van der Waals surface area contributed by atoms with Crippen LogP contribution in [0.25, 0.3) is 0 Å². The summed E-state index contributed by atoms with van der Waals surface area (Å²) in [6.45, 7) is 0. The smallest absolute Gasteiger partial charge is 0.161 e. The first-order chi connectivity index (χ1) is 6.94. The molecule has 1 saturated carbocycles. The van der Waals surface area contributed by atoms with Gasteiger partial charge >= 0.3 is 0 Å². The SMILES string of the molecule is O=C1CCC(=O)C12C(Cl)=C(Cl)C(Cl)=C2Cl. The number of rotatable bonds is 0. The lowest BCUT2D eigenvalue weighted by molar-refractivity contribution is -0.129. The lowest BCUT2D eigenvalue weighted by Gasteiger charge is -2.20. The Morgan fingerprint density at radius 1 is 0.800 bits per heavy atom. The van der Waals surface area contributed by atoms with E-state index >= 15 is 0 Å². The average molecular weight is 286 g/mol. The van der Waals surface area contributed by atoms with Crippen LogP contribution in [0.2, 0.25) is 0 Å². The minimum atomic E-state index is -1.59. The molecule has 6 heteroatoms. The van der Waals surface area contributed by atoms with Crippen LogP contribution in [0.5, 0.6) is 0 Å². The molecular formula is C9H4Cl4O2. The van der Waals surface area contributed by atoms with Crippen molar-refractivity contribution in [2.45, 2.75) is 12.8 Å². The Morgan fingerprint density at radius 2 is 1.13 bits per heavy atom. The van der Waals surface area contributed by atoms with Crippen LogP contribution in [-0.4, -0.2) is 11.6 Å². The van der Waals surface area contributed by atoms with E-state index in [1.165, 1.54) is 0 Å². The Kier molecular flexibility index (Phi) is 2.67. The summed E-state index contributed by atoms with van der Waals surface area (Å²) in [6, 6.07) is 0. The van der Waals surface area contributed by atoms with Gasteiger partial charge in [-0.3, -0.25) is 9.59 Å². The number of allylic oxidation sites excluding steroid dienone is 4. The van der Waals surface area contributed by atoms with E-state index in [2.05, 4.69) is 0 Å². The van der Waals surface area contributed by atoms with Gasteiger partial charge in [0.05, 0.1) is 20.1 Å². The normalized spacial score (nSPS) is 25.1. The van der Waals surface area contributed by atoms with E-state index in [9.17, 15) is 9.59 Å². The number of carbonyl (C=O) groups excluding carboxylic acids is 2. The molecule has 0 amide bonds. The van der Waals surface area contributed by atoms with Crippen LogP contribution in [0.1, 0.15) is 12.8 Å². The molecule has 2 aliphatic rings. The largest absolute Gasteiger partial charge is 0.298 e. The van der Waals surface area contributed by atoms with Crippen molar-refractivity contribution in [1.82, 2.24) is 0 Å². The minimum absolute atomic E-state index is 0.00747. The quantitative estimate of drug-likeness (QED) is 0.640. The highest BCUT2D eigenvalue weighted by Crippen LogP contribution is 2.57. The predicted octanol–water partition coefficient (Wildman–Crippen LogP) is 3.30. The Labute approximate surface area is 106 Å². The molecule has 15 heavy (non-hydrogen) atoms.